The Morgan fingerprint density at radius 1 is 1.29 bits per heavy atom. The van der Waals surface area contributed by atoms with Crippen molar-refractivity contribution in [3.63, 3.8) is 0 Å². The summed E-state index contributed by atoms with van der Waals surface area (Å²) in [6.07, 6.45) is 5.19. The summed E-state index contributed by atoms with van der Waals surface area (Å²) in [6.45, 7) is 4.78. The third kappa shape index (κ3) is 2.82. The summed E-state index contributed by atoms with van der Waals surface area (Å²) in [5.41, 5.74) is 10.1. The molecule has 1 aliphatic carbocycles. The number of hydrogen-bond donors (Lipinski definition) is 1. The number of nitrogens with two attached hydrogens (primary N) is 1. The van der Waals surface area contributed by atoms with E-state index < -0.39 is 0 Å². The molecule has 1 aliphatic rings. The van der Waals surface area contributed by atoms with Gasteiger partial charge in [0.15, 0.2) is 0 Å². The van der Waals surface area contributed by atoms with Crippen LogP contribution in [0.2, 0.25) is 0 Å². The summed E-state index contributed by atoms with van der Waals surface area (Å²) in [7, 11) is 1.89. The molecule has 1 unspecified atom stereocenters. The first-order valence-corrected chi connectivity index (χ1v) is 7.85. The van der Waals surface area contributed by atoms with Gasteiger partial charge in [-0.3, -0.25) is 4.68 Å². The monoisotopic (exact) mass is 283 g/mol. The van der Waals surface area contributed by atoms with Gasteiger partial charge in [-0.25, -0.2) is 0 Å². The maximum absolute atomic E-state index is 5.95. The van der Waals surface area contributed by atoms with E-state index in [1.54, 1.807) is 4.68 Å². The van der Waals surface area contributed by atoms with Crippen LogP contribution < -0.4 is 5.73 Å². The van der Waals surface area contributed by atoms with Gasteiger partial charge in [0.2, 0.25) is 0 Å². The van der Waals surface area contributed by atoms with E-state index in [4.69, 9.17) is 5.73 Å². The predicted molar refractivity (Wildman–Crippen MR) is 88.0 cm³/mol. The van der Waals surface area contributed by atoms with Crippen molar-refractivity contribution in [3.8, 4) is 11.3 Å². The number of aryl methyl sites for hydroxylation is 1. The lowest BCUT2D eigenvalue weighted by Crippen LogP contribution is -2.21. The summed E-state index contributed by atoms with van der Waals surface area (Å²) in [6, 6.07) is 10.7. The minimum Gasteiger partial charge on any atom is -0.384 e. The maximum Gasteiger partial charge on any atom is 0.121 e. The van der Waals surface area contributed by atoms with Gasteiger partial charge >= 0.3 is 0 Å². The van der Waals surface area contributed by atoms with Gasteiger partial charge in [0, 0.05) is 18.7 Å². The number of nitrogen functional groups attached to an aromatic ring is 1. The van der Waals surface area contributed by atoms with E-state index in [9.17, 15) is 0 Å². The molecule has 2 N–H and O–H groups in total. The molecule has 0 radical (unpaired) electrons. The number of rotatable bonds is 2. The summed E-state index contributed by atoms with van der Waals surface area (Å²) in [5, 5.41) is 4.56. The highest BCUT2D eigenvalue weighted by atomic mass is 15.3. The SMILES string of the molecule is Cn1nc(-c2ccccc2C2CCCC(C)(C)C2)cc1N. The molecule has 1 heterocycles. The normalized spacial score (nSPS) is 21.4. The van der Waals surface area contributed by atoms with Crippen LogP contribution in [0.4, 0.5) is 5.82 Å². The second-order valence-corrected chi connectivity index (χ2v) is 7.12. The van der Waals surface area contributed by atoms with E-state index in [0.29, 0.717) is 17.2 Å². The molecule has 0 saturated heterocycles. The Hall–Kier alpha value is -1.77. The molecule has 1 fully saturated rings. The Morgan fingerprint density at radius 2 is 2.05 bits per heavy atom. The van der Waals surface area contributed by atoms with Crippen molar-refractivity contribution in [2.45, 2.75) is 45.4 Å². The highest BCUT2D eigenvalue weighted by Gasteiger charge is 2.30. The molecule has 3 nitrogen and oxygen atoms in total. The van der Waals surface area contributed by atoms with E-state index in [1.165, 1.54) is 36.8 Å². The second kappa shape index (κ2) is 5.21. The third-order valence-electron chi connectivity index (χ3n) is 4.80. The molecule has 3 heteroatoms. The molecule has 2 aromatic rings. The molecule has 0 bridgehead atoms. The van der Waals surface area contributed by atoms with Crippen molar-refractivity contribution in [2.24, 2.45) is 12.5 Å². The highest BCUT2D eigenvalue weighted by molar-refractivity contribution is 5.67. The third-order valence-corrected chi connectivity index (χ3v) is 4.80. The van der Waals surface area contributed by atoms with E-state index in [2.05, 4.69) is 43.2 Å². The minimum absolute atomic E-state index is 0.444. The number of hydrogen-bond acceptors (Lipinski definition) is 2. The fourth-order valence-corrected chi connectivity index (χ4v) is 3.66. The van der Waals surface area contributed by atoms with Crippen LogP contribution in [0.1, 0.15) is 51.0 Å². The van der Waals surface area contributed by atoms with Crippen LogP contribution in [0.3, 0.4) is 0 Å². The highest BCUT2D eigenvalue weighted by Crippen LogP contribution is 2.45. The summed E-state index contributed by atoms with van der Waals surface area (Å²) in [5.74, 6) is 1.34. The van der Waals surface area contributed by atoms with Crippen LogP contribution in [-0.2, 0) is 7.05 Å². The van der Waals surface area contributed by atoms with E-state index >= 15 is 0 Å². The fraction of sp³-hybridized carbons (Fsp3) is 0.500. The second-order valence-electron chi connectivity index (χ2n) is 7.12. The Labute approximate surface area is 127 Å². The topological polar surface area (TPSA) is 43.8 Å². The molecule has 3 rings (SSSR count). The zero-order chi connectivity index (χ0) is 15.0. The molecule has 1 aromatic heterocycles. The molecule has 0 amide bonds. The van der Waals surface area contributed by atoms with Gasteiger partial charge in [0.1, 0.15) is 5.82 Å². The van der Waals surface area contributed by atoms with E-state index in [1.807, 2.05) is 13.1 Å². The van der Waals surface area contributed by atoms with Crippen molar-refractivity contribution in [1.29, 1.82) is 0 Å². The smallest absolute Gasteiger partial charge is 0.121 e. The first-order chi connectivity index (χ1) is 9.96. The molecule has 112 valence electrons. The predicted octanol–water partition coefficient (Wildman–Crippen LogP) is 4.35. The average Bonchev–Trinajstić information content (AvgIpc) is 2.77. The Morgan fingerprint density at radius 3 is 2.71 bits per heavy atom. The fourth-order valence-electron chi connectivity index (χ4n) is 3.66. The van der Waals surface area contributed by atoms with Gasteiger partial charge < -0.3 is 5.73 Å². The standard InChI is InChI=1S/C18H25N3/c1-18(2)10-6-7-13(12-18)14-8-4-5-9-15(14)16-11-17(19)21(3)20-16/h4-5,8-9,11,13H,6-7,10,12,19H2,1-3H3. The van der Waals surface area contributed by atoms with Gasteiger partial charge in [0.05, 0.1) is 5.69 Å². The quantitative estimate of drug-likeness (QED) is 0.890. The minimum atomic E-state index is 0.444. The van der Waals surface area contributed by atoms with Crippen LogP contribution >= 0.6 is 0 Å². The van der Waals surface area contributed by atoms with Gasteiger partial charge in [-0.15, -0.1) is 0 Å². The molecule has 1 atom stereocenters. The summed E-state index contributed by atoms with van der Waals surface area (Å²) in [4.78, 5) is 0. The van der Waals surface area contributed by atoms with Crippen molar-refractivity contribution in [3.05, 3.63) is 35.9 Å². The Balaban J connectivity index is 2.00. The largest absolute Gasteiger partial charge is 0.384 e. The Kier molecular flexibility index (Phi) is 3.52. The summed E-state index contributed by atoms with van der Waals surface area (Å²) >= 11 is 0. The summed E-state index contributed by atoms with van der Waals surface area (Å²) < 4.78 is 1.75. The molecule has 0 spiro atoms. The Bertz CT molecular complexity index is 620. The van der Waals surface area contributed by atoms with Crippen molar-refractivity contribution >= 4 is 5.82 Å². The lowest BCUT2D eigenvalue weighted by atomic mass is 9.69. The van der Waals surface area contributed by atoms with Crippen LogP contribution in [-0.4, -0.2) is 9.78 Å². The lowest BCUT2D eigenvalue weighted by molar-refractivity contribution is 0.220. The van der Waals surface area contributed by atoms with E-state index in [0.717, 1.165) is 5.69 Å². The lowest BCUT2D eigenvalue weighted by Gasteiger charge is -2.36. The van der Waals surface area contributed by atoms with Crippen LogP contribution in [0.15, 0.2) is 30.3 Å². The van der Waals surface area contributed by atoms with Crippen LogP contribution in [0.5, 0.6) is 0 Å². The van der Waals surface area contributed by atoms with Crippen LogP contribution in [0.25, 0.3) is 11.3 Å². The number of anilines is 1. The number of nitrogens with zero attached hydrogens (tertiary/aromatic N) is 2. The van der Waals surface area contributed by atoms with Gasteiger partial charge in [-0.2, -0.15) is 5.10 Å². The first-order valence-electron chi connectivity index (χ1n) is 7.85. The van der Waals surface area contributed by atoms with Crippen molar-refractivity contribution < 1.29 is 0 Å². The zero-order valence-corrected chi connectivity index (χ0v) is 13.3. The van der Waals surface area contributed by atoms with E-state index in [-0.39, 0.29) is 0 Å². The molecular weight excluding hydrogens is 258 g/mol. The molecule has 1 aromatic carbocycles. The molecule has 21 heavy (non-hydrogen) atoms. The molecule has 0 aliphatic heterocycles. The number of aromatic nitrogens is 2. The van der Waals surface area contributed by atoms with Crippen molar-refractivity contribution in [1.82, 2.24) is 9.78 Å². The van der Waals surface area contributed by atoms with Gasteiger partial charge in [-0.05, 0) is 36.2 Å². The zero-order valence-electron chi connectivity index (χ0n) is 13.3. The average molecular weight is 283 g/mol. The molecule has 1 saturated carbocycles. The number of benzene rings is 1. The maximum atomic E-state index is 5.95. The first kappa shape index (κ1) is 14.2. The molecular formula is C18H25N3. The van der Waals surface area contributed by atoms with Crippen LogP contribution in [0, 0.1) is 5.41 Å². The van der Waals surface area contributed by atoms with Crippen molar-refractivity contribution in [2.75, 3.05) is 5.73 Å². The van der Waals surface area contributed by atoms with Gasteiger partial charge in [-0.1, -0.05) is 44.5 Å². The van der Waals surface area contributed by atoms with Gasteiger partial charge in [0.25, 0.3) is 0 Å².